The summed E-state index contributed by atoms with van der Waals surface area (Å²) in [5, 5.41) is 9.59. The van der Waals surface area contributed by atoms with E-state index in [0.717, 1.165) is 60.6 Å². The average Bonchev–Trinajstić information content (AvgIpc) is 3.65. The van der Waals surface area contributed by atoms with Crippen molar-refractivity contribution in [1.82, 2.24) is 29.0 Å². The van der Waals surface area contributed by atoms with E-state index in [9.17, 15) is 14.3 Å². The molecule has 4 heterocycles. The van der Waals surface area contributed by atoms with Gasteiger partial charge in [-0.2, -0.15) is 0 Å². The summed E-state index contributed by atoms with van der Waals surface area (Å²) < 4.78 is 30.3. The predicted octanol–water partition coefficient (Wildman–Crippen LogP) is 6.60. The number of pyridine rings is 1. The van der Waals surface area contributed by atoms with Crippen LogP contribution in [0.15, 0.2) is 73.2 Å². The first-order chi connectivity index (χ1) is 22.7. The molecule has 0 unspecified atom stereocenters. The number of nitrogens with zero attached hydrogens (tertiary/aromatic N) is 6. The number of aryl methyl sites for hydroxylation is 1. The molecule has 0 spiro atoms. The van der Waals surface area contributed by atoms with Crippen molar-refractivity contribution < 1.29 is 23.8 Å². The summed E-state index contributed by atoms with van der Waals surface area (Å²) in [4.78, 5) is 27.6. The molecule has 6 rings (SSSR count). The second kappa shape index (κ2) is 14.4. The summed E-state index contributed by atoms with van der Waals surface area (Å²) in [5.41, 5.74) is 5.04. The summed E-state index contributed by atoms with van der Waals surface area (Å²) in [6.07, 6.45) is 6.60. The Hall–Kier alpha value is -4.74. The first-order valence-corrected chi connectivity index (χ1v) is 16.0. The normalized spacial score (nSPS) is 14.5. The molecule has 12 heteroatoms. The van der Waals surface area contributed by atoms with Gasteiger partial charge in [0.2, 0.25) is 5.88 Å². The molecule has 1 fully saturated rings. The number of likely N-dealkylation sites (tertiary alicyclic amines) is 1. The lowest BCUT2D eigenvalue weighted by atomic mass is 10.1. The lowest BCUT2D eigenvalue weighted by Gasteiger charge is -2.31. The van der Waals surface area contributed by atoms with Crippen LogP contribution in [-0.4, -0.2) is 59.3 Å². The van der Waals surface area contributed by atoms with Crippen molar-refractivity contribution >= 4 is 34.2 Å². The van der Waals surface area contributed by atoms with E-state index in [1.165, 1.54) is 18.2 Å². The number of hydrogen-bond donors (Lipinski definition) is 1. The Morgan fingerprint density at radius 2 is 1.94 bits per heavy atom. The lowest BCUT2D eigenvalue weighted by Crippen LogP contribution is -2.38. The maximum atomic E-state index is 14.1. The molecule has 1 N–H and O–H groups in total. The Kier molecular flexibility index (Phi) is 9.84. The van der Waals surface area contributed by atoms with Crippen LogP contribution in [0, 0.1) is 5.82 Å². The Morgan fingerprint density at radius 1 is 1.11 bits per heavy atom. The fraction of sp³-hybridized carbons (Fsp3) is 0.314. The van der Waals surface area contributed by atoms with Gasteiger partial charge in [0.1, 0.15) is 18.5 Å². The molecule has 1 saturated heterocycles. The first-order valence-electron chi connectivity index (χ1n) is 15.6. The standard InChI is InChI=1S/C35H36ClFN6O4/c1-3-42-22-38-18-27(42)19-43-31-16-24(23(2)15-35(44)45)7-9-30(31)40-33(43)20-41-13-11-28(12-14-41)47-34-6-4-5-26(39-34)21-46-32-10-8-25(36)17-29(32)37/h4-10,15-18,22,28H,3,11-14,19-21H2,1-2H3,(H,44,45)/b23-15+. The van der Waals surface area contributed by atoms with Crippen LogP contribution in [0.5, 0.6) is 11.6 Å². The molecule has 244 valence electrons. The lowest BCUT2D eigenvalue weighted by molar-refractivity contribution is -0.131. The number of ether oxygens (including phenoxy) is 2. The highest BCUT2D eigenvalue weighted by atomic mass is 35.5. The second-order valence-corrected chi connectivity index (χ2v) is 12.0. The second-order valence-electron chi connectivity index (χ2n) is 11.6. The number of carbonyl (C=O) groups is 1. The zero-order chi connectivity index (χ0) is 32.9. The number of rotatable bonds is 12. The molecule has 0 bridgehead atoms. The van der Waals surface area contributed by atoms with Crippen molar-refractivity contribution in [2.24, 2.45) is 0 Å². The summed E-state index contributed by atoms with van der Waals surface area (Å²) in [7, 11) is 0. The largest absolute Gasteiger partial charge is 0.484 e. The highest BCUT2D eigenvalue weighted by molar-refractivity contribution is 6.30. The smallest absolute Gasteiger partial charge is 0.328 e. The molecular formula is C35H36ClFN6O4. The fourth-order valence-electron chi connectivity index (χ4n) is 5.81. The average molecular weight is 659 g/mol. The highest BCUT2D eigenvalue weighted by Gasteiger charge is 2.24. The quantitative estimate of drug-likeness (QED) is 0.150. The van der Waals surface area contributed by atoms with Crippen LogP contribution in [0.3, 0.4) is 0 Å². The Morgan fingerprint density at radius 3 is 2.70 bits per heavy atom. The van der Waals surface area contributed by atoms with Crippen molar-refractivity contribution in [3.63, 3.8) is 0 Å². The number of aromatic nitrogens is 5. The first kappa shape index (κ1) is 32.2. The van der Waals surface area contributed by atoms with Crippen molar-refractivity contribution in [3.05, 3.63) is 107 Å². The van der Waals surface area contributed by atoms with Crippen LogP contribution in [0.4, 0.5) is 4.39 Å². The number of carboxylic acid groups (broad SMARTS) is 1. The summed E-state index contributed by atoms with van der Waals surface area (Å²) >= 11 is 5.83. The Labute approximate surface area is 277 Å². The summed E-state index contributed by atoms with van der Waals surface area (Å²) in [5.74, 6) is 0.0714. The zero-order valence-corrected chi connectivity index (χ0v) is 27.0. The maximum absolute atomic E-state index is 14.1. The SMILES string of the molecule is CCn1cncc1Cn1c(CN2CCC(Oc3cccc(COc4ccc(Cl)cc4F)n3)CC2)nc2ccc(/C(C)=C/C(=O)O)cc21. The minimum absolute atomic E-state index is 0.00732. The highest BCUT2D eigenvalue weighted by Crippen LogP contribution is 2.26. The van der Waals surface area contributed by atoms with Crippen molar-refractivity contribution in [1.29, 1.82) is 0 Å². The van der Waals surface area contributed by atoms with Crippen LogP contribution >= 0.6 is 11.6 Å². The molecule has 1 aliphatic heterocycles. The number of fused-ring (bicyclic) bond motifs is 1. The van der Waals surface area contributed by atoms with Crippen LogP contribution < -0.4 is 9.47 Å². The van der Waals surface area contributed by atoms with E-state index in [1.807, 2.05) is 48.9 Å². The molecule has 1 aliphatic rings. The van der Waals surface area contributed by atoms with Gasteiger partial charge in [0.05, 0.1) is 41.8 Å². The molecule has 5 aromatic rings. The number of carboxylic acids is 1. The topological polar surface area (TPSA) is 108 Å². The van der Waals surface area contributed by atoms with Gasteiger partial charge >= 0.3 is 5.97 Å². The number of hydrogen-bond acceptors (Lipinski definition) is 7. The van der Waals surface area contributed by atoms with E-state index >= 15 is 0 Å². The van der Waals surface area contributed by atoms with Gasteiger partial charge in [0, 0.05) is 43.0 Å². The summed E-state index contributed by atoms with van der Waals surface area (Å²) in [6, 6.07) is 15.7. The third kappa shape index (κ3) is 7.81. The van der Waals surface area contributed by atoms with Gasteiger partial charge in [-0.3, -0.25) is 4.90 Å². The van der Waals surface area contributed by atoms with Crippen LogP contribution in [0.25, 0.3) is 16.6 Å². The van der Waals surface area contributed by atoms with Crippen LogP contribution in [0.2, 0.25) is 5.02 Å². The molecule has 0 aliphatic carbocycles. The van der Waals surface area contributed by atoms with E-state index in [1.54, 1.807) is 13.0 Å². The van der Waals surface area contributed by atoms with Gasteiger partial charge in [-0.15, -0.1) is 0 Å². The van der Waals surface area contributed by atoms with Gasteiger partial charge in [0.25, 0.3) is 0 Å². The van der Waals surface area contributed by atoms with Crippen LogP contribution in [-0.2, 0) is 31.0 Å². The van der Waals surface area contributed by atoms with Crippen molar-refractivity contribution in [3.8, 4) is 11.6 Å². The molecule has 0 radical (unpaired) electrons. The number of allylic oxidation sites excluding steroid dienone is 1. The predicted molar refractivity (Wildman–Crippen MR) is 177 cm³/mol. The number of imidazole rings is 2. The number of aliphatic carboxylic acids is 1. The van der Waals surface area contributed by atoms with Gasteiger partial charge in [0.15, 0.2) is 11.6 Å². The molecule has 3 aromatic heterocycles. The third-order valence-electron chi connectivity index (χ3n) is 8.32. The molecule has 0 saturated carbocycles. The minimum Gasteiger partial charge on any atom is -0.484 e. The molecule has 47 heavy (non-hydrogen) atoms. The van der Waals surface area contributed by atoms with Gasteiger partial charge in [-0.1, -0.05) is 23.7 Å². The molecule has 0 amide bonds. The van der Waals surface area contributed by atoms with E-state index in [4.69, 9.17) is 26.1 Å². The van der Waals surface area contributed by atoms with Gasteiger partial charge in [-0.25, -0.2) is 24.1 Å². The maximum Gasteiger partial charge on any atom is 0.328 e. The van der Waals surface area contributed by atoms with E-state index < -0.39 is 11.8 Å². The van der Waals surface area contributed by atoms with Crippen LogP contribution in [0.1, 0.15) is 49.5 Å². The van der Waals surface area contributed by atoms with Crippen molar-refractivity contribution in [2.75, 3.05) is 13.1 Å². The third-order valence-corrected chi connectivity index (χ3v) is 8.55. The number of benzene rings is 2. The molecule has 10 nitrogen and oxygen atoms in total. The summed E-state index contributed by atoms with van der Waals surface area (Å²) in [6.45, 7) is 7.71. The Bertz CT molecular complexity index is 1910. The van der Waals surface area contributed by atoms with E-state index in [0.29, 0.717) is 35.3 Å². The number of piperidine rings is 1. The Balaban J connectivity index is 1.12. The monoisotopic (exact) mass is 658 g/mol. The molecule has 2 aromatic carbocycles. The van der Waals surface area contributed by atoms with E-state index in [2.05, 4.69) is 30.9 Å². The number of halogens is 2. The zero-order valence-electron chi connectivity index (χ0n) is 26.3. The van der Waals surface area contributed by atoms with Crippen molar-refractivity contribution in [2.45, 2.75) is 59.0 Å². The molecule has 0 atom stereocenters. The van der Waals surface area contributed by atoms with E-state index in [-0.39, 0.29) is 18.5 Å². The molecular weight excluding hydrogens is 623 g/mol. The minimum atomic E-state index is -0.973. The van der Waals surface area contributed by atoms with Gasteiger partial charge < -0.3 is 23.7 Å². The van der Waals surface area contributed by atoms with Gasteiger partial charge in [-0.05, 0) is 74.2 Å². The fourth-order valence-corrected chi connectivity index (χ4v) is 5.97.